The fourth-order valence-electron chi connectivity index (χ4n) is 2.66. The Labute approximate surface area is 144 Å². The van der Waals surface area contributed by atoms with E-state index in [1.54, 1.807) is 24.3 Å². The summed E-state index contributed by atoms with van der Waals surface area (Å²) in [6, 6.07) is 14.6. The van der Waals surface area contributed by atoms with Gasteiger partial charge in [0.25, 0.3) is 0 Å². The first-order chi connectivity index (χ1) is 11.0. The molecule has 0 aliphatic carbocycles. The minimum atomic E-state index is -3.55. The van der Waals surface area contributed by atoms with Crippen molar-refractivity contribution in [1.82, 2.24) is 9.71 Å². The van der Waals surface area contributed by atoms with E-state index in [0.29, 0.717) is 10.9 Å². The first-order valence-electron chi connectivity index (χ1n) is 7.29. The fraction of sp³-hybridized carbons (Fsp3) is 0.176. The molecule has 0 amide bonds. The van der Waals surface area contributed by atoms with E-state index in [4.69, 9.17) is 0 Å². The zero-order chi connectivity index (χ0) is 16.4. The summed E-state index contributed by atoms with van der Waals surface area (Å²) in [4.78, 5) is 3.47. The van der Waals surface area contributed by atoms with Gasteiger partial charge in [0, 0.05) is 27.6 Å². The second kappa shape index (κ2) is 6.47. The third-order valence-electron chi connectivity index (χ3n) is 3.68. The van der Waals surface area contributed by atoms with Crippen LogP contribution in [0.25, 0.3) is 10.9 Å². The van der Waals surface area contributed by atoms with Gasteiger partial charge in [-0.15, -0.1) is 0 Å². The van der Waals surface area contributed by atoms with Gasteiger partial charge in [-0.25, -0.2) is 13.1 Å². The molecule has 0 fully saturated rings. The Morgan fingerprint density at radius 1 is 1.13 bits per heavy atom. The van der Waals surface area contributed by atoms with Gasteiger partial charge >= 0.3 is 0 Å². The molecule has 0 bridgehead atoms. The van der Waals surface area contributed by atoms with Crippen molar-refractivity contribution in [1.29, 1.82) is 0 Å². The molecule has 2 N–H and O–H groups in total. The molecule has 1 heterocycles. The smallest absolute Gasteiger partial charge is 0.241 e. The maximum Gasteiger partial charge on any atom is 0.241 e. The molecule has 0 saturated heterocycles. The molecule has 0 aliphatic heterocycles. The van der Waals surface area contributed by atoms with Crippen molar-refractivity contribution in [2.75, 3.05) is 0 Å². The summed E-state index contributed by atoms with van der Waals surface area (Å²) in [5.74, 6) is 0. The molecule has 0 spiro atoms. The molecule has 120 valence electrons. The van der Waals surface area contributed by atoms with Crippen LogP contribution in [0.3, 0.4) is 0 Å². The topological polar surface area (TPSA) is 62.0 Å². The van der Waals surface area contributed by atoms with Crippen molar-refractivity contribution in [2.24, 2.45) is 0 Å². The highest BCUT2D eigenvalue weighted by Gasteiger charge is 2.20. The van der Waals surface area contributed by atoms with E-state index in [1.807, 2.05) is 37.4 Å². The van der Waals surface area contributed by atoms with Crippen molar-refractivity contribution in [3.63, 3.8) is 0 Å². The van der Waals surface area contributed by atoms with Gasteiger partial charge in [-0.2, -0.15) is 0 Å². The van der Waals surface area contributed by atoms with E-state index in [1.165, 1.54) is 0 Å². The van der Waals surface area contributed by atoms with Crippen LogP contribution in [0.5, 0.6) is 0 Å². The van der Waals surface area contributed by atoms with Crippen molar-refractivity contribution in [3.8, 4) is 0 Å². The Kier molecular flexibility index (Phi) is 4.57. The van der Waals surface area contributed by atoms with Crippen LogP contribution in [-0.4, -0.2) is 19.4 Å². The van der Waals surface area contributed by atoms with Gasteiger partial charge in [0.15, 0.2) is 0 Å². The zero-order valence-electron chi connectivity index (χ0n) is 12.6. The first-order valence-corrected chi connectivity index (χ1v) is 9.57. The molecule has 4 nitrogen and oxygen atoms in total. The Balaban J connectivity index is 1.79. The fourth-order valence-corrected chi connectivity index (χ4v) is 4.91. The molecule has 6 heteroatoms. The number of rotatable bonds is 5. The van der Waals surface area contributed by atoms with Crippen LogP contribution in [0.1, 0.15) is 12.5 Å². The number of fused-ring (bicyclic) bond motifs is 1. The highest BCUT2D eigenvalue weighted by atomic mass is 79.9. The number of halogens is 1. The zero-order valence-corrected chi connectivity index (χ0v) is 15.0. The summed E-state index contributed by atoms with van der Waals surface area (Å²) in [5, 5.41) is 1.12. The van der Waals surface area contributed by atoms with E-state index >= 15 is 0 Å². The minimum Gasteiger partial charge on any atom is -0.361 e. The largest absolute Gasteiger partial charge is 0.361 e. The van der Waals surface area contributed by atoms with Gasteiger partial charge in [-0.05, 0) is 53.0 Å². The lowest BCUT2D eigenvalue weighted by molar-refractivity contribution is 0.559. The lowest BCUT2D eigenvalue weighted by Crippen LogP contribution is -2.34. The molecule has 0 radical (unpaired) electrons. The Morgan fingerprint density at radius 2 is 1.83 bits per heavy atom. The third-order valence-corrected chi connectivity index (χ3v) is 6.29. The van der Waals surface area contributed by atoms with Crippen LogP contribution in [0, 0.1) is 0 Å². The van der Waals surface area contributed by atoms with Crippen LogP contribution in [0.15, 0.2) is 64.1 Å². The number of para-hydroxylation sites is 1. The van der Waals surface area contributed by atoms with E-state index in [-0.39, 0.29) is 10.9 Å². The van der Waals surface area contributed by atoms with Crippen LogP contribution in [-0.2, 0) is 16.4 Å². The predicted octanol–water partition coefficient (Wildman–Crippen LogP) is 3.84. The summed E-state index contributed by atoms with van der Waals surface area (Å²) in [7, 11) is -3.55. The van der Waals surface area contributed by atoms with Crippen LogP contribution >= 0.6 is 15.9 Å². The second-order valence-corrected chi connectivity index (χ2v) is 8.05. The second-order valence-electron chi connectivity index (χ2n) is 5.52. The number of aromatic nitrogens is 1. The van der Waals surface area contributed by atoms with Crippen molar-refractivity contribution in [3.05, 3.63) is 64.8 Å². The quantitative estimate of drug-likeness (QED) is 0.692. The van der Waals surface area contributed by atoms with Gasteiger partial charge in [-0.1, -0.05) is 30.3 Å². The van der Waals surface area contributed by atoms with Gasteiger partial charge < -0.3 is 4.98 Å². The third kappa shape index (κ3) is 3.49. The van der Waals surface area contributed by atoms with Crippen LogP contribution in [0.4, 0.5) is 0 Å². The average Bonchev–Trinajstić information content (AvgIpc) is 2.90. The van der Waals surface area contributed by atoms with E-state index < -0.39 is 10.0 Å². The lowest BCUT2D eigenvalue weighted by Gasteiger charge is -2.14. The van der Waals surface area contributed by atoms with Crippen LogP contribution < -0.4 is 4.72 Å². The van der Waals surface area contributed by atoms with Crippen molar-refractivity contribution >= 4 is 36.9 Å². The number of benzene rings is 2. The molecular formula is C17H17BrN2O2S. The standard InChI is InChI=1S/C17H17BrN2O2S/c1-12(10-13-11-19-16-8-4-2-6-14(13)16)20-23(21,22)17-9-5-3-7-15(17)18/h2-9,11-12,19-20H,10H2,1H3. The number of hydrogen-bond donors (Lipinski definition) is 2. The van der Waals surface area contributed by atoms with Gasteiger partial charge in [-0.3, -0.25) is 0 Å². The van der Waals surface area contributed by atoms with Gasteiger partial charge in [0.05, 0.1) is 4.90 Å². The molecule has 2 aromatic carbocycles. The molecule has 0 saturated carbocycles. The van der Waals surface area contributed by atoms with Crippen molar-refractivity contribution < 1.29 is 8.42 Å². The number of hydrogen-bond acceptors (Lipinski definition) is 2. The van der Waals surface area contributed by atoms with Crippen LogP contribution in [0.2, 0.25) is 0 Å². The highest BCUT2D eigenvalue weighted by Crippen LogP contribution is 2.22. The van der Waals surface area contributed by atoms with E-state index in [9.17, 15) is 8.42 Å². The molecule has 0 aliphatic rings. The number of nitrogens with one attached hydrogen (secondary N) is 2. The van der Waals surface area contributed by atoms with Crippen molar-refractivity contribution in [2.45, 2.75) is 24.3 Å². The molecule has 1 aromatic heterocycles. The molecule has 1 atom stereocenters. The SMILES string of the molecule is CC(Cc1c[nH]c2ccccc12)NS(=O)(=O)c1ccccc1Br. The summed E-state index contributed by atoms with van der Waals surface area (Å²) in [5.41, 5.74) is 2.16. The summed E-state index contributed by atoms with van der Waals surface area (Å²) in [6.07, 6.45) is 2.56. The van der Waals surface area contributed by atoms with E-state index in [0.717, 1.165) is 16.5 Å². The molecular weight excluding hydrogens is 376 g/mol. The Hall–Kier alpha value is -1.63. The average molecular weight is 393 g/mol. The van der Waals surface area contributed by atoms with E-state index in [2.05, 4.69) is 25.6 Å². The molecule has 23 heavy (non-hydrogen) atoms. The summed E-state index contributed by atoms with van der Waals surface area (Å²) < 4.78 is 28.3. The maximum absolute atomic E-state index is 12.5. The Morgan fingerprint density at radius 3 is 2.61 bits per heavy atom. The highest BCUT2D eigenvalue weighted by molar-refractivity contribution is 9.10. The number of H-pyrrole nitrogens is 1. The molecule has 3 rings (SSSR count). The Bertz CT molecular complexity index is 934. The lowest BCUT2D eigenvalue weighted by atomic mass is 10.1. The molecule has 1 unspecified atom stereocenters. The molecule has 3 aromatic rings. The minimum absolute atomic E-state index is 0.216. The van der Waals surface area contributed by atoms with Gasteiger partial charge in [0.1, 0.15) is 0 Å². The number of aromatic amines is 1. The summed E-state index contributed by atoms with van der Waals surface area (Å²) in [6.45, 7) is 1.87. The predicted molar refractivity (Wildman–Crippen MR) is 95.9 cm³/mol. The normalized spacial score (nSPS) is 13.3. The monoisotopic (exact) mass is 392 g/mol. The summed E-state index contributed by atoms with van der Waals surface area (Å²) >= 11 is 3.29. The first kappa shape index (κ1) is 16.2. The van der Waals surface area contributed by atoms with Gasteiger partial charge in [0.2, 0.25) is 10.0 Å². The maximum atomic E-state index is 12.5. The number of sulfonamides is 1.